The lowest BCUT2D eigenvalue weighted by Crippen LogP contribution is -2.35. The summed E-state index contributed by atoms with van der Waals surface area (Å²) in [7, 11) is -3.54. The maximum absolute atomic E-state index is 12.1. The third-order valence-electron chi connectivity index (χ3n) is 3.97. The van der Waals surface area contributed by atoms with Gasteiger partial charge in [0.05, 0.1) is 4.90 Å². The molecule has 144 valence electrons. The molecule has 0 spiro atoms. The Bertz CT molecular complexity index is 745. The van der Waals surface area contributed by atoms with Crippen LogP contribution in [0.4, 0.5) is 0 Å². The number of nitrogens with one attached hydrogen (secondary N) is 2. The van der Waals surface area contributed by atoms with Crippen LogP contribution in [0.15, 0.2) is 29.2 Å². The molecule has 1 heterocycles. The highest BCUT2D eigenvalue weighted by atomic mass is 32.2. The van der Waals surface area contributed by atoms with Crippen molar-refractivity contribution in [1.29, 1.82) is 0 Å². The number of hydrogen-bond donors (Lipinski definition) is 3. The lowest BCUT2D eigenvalue weighted by atomic mass is 10.2. The van der Waals surface area contributed by atoms with Crippen LogP contribution in [-0.4, -0.2) is 44.2 Å². The van der Waals surface area contributed by atoms with Crippen molar-refractivity contribution in [2.75, 3.05) is 6.54 Å². The van der Waals surface area contributed by atoms with Crippen molar-refractivity contribution in [2.24, 2.45) is 5.92 Å². The van der Waals surface area contributed by atoms with E-state index in [1.807, 2.05) is 13.8 Å². The van der Waals surface area contributed by atoms with E-state index in [1.165, 1.54) is 12.1 Å². The van der Waals surface area contributed by atoms with E-state index in [9.17, 15) is 18.0 Å². The van der Waals surface area contributed by atoms with Gasteiger partial charge in [-0.05, 0) is 36.5 Å². The topological polar surface area (TPSA) is 122 Å². The minimum absolute atomic E-state index is 0.164. The second-order valence-corrected chi connectivity index (χ2v) is 8.40. The van der Waals surface area contributed by atoms with Crippen LogP contribution in [0.1, 0.15) is 32.3 Å². The SMILES string of the molecule is CC(C)CNS(=O)(=O)c1ccc(CNC(=O)[C@@H]2CC[C@H](C(=O)O)O2)cc1. The van der Waals surface area contributed by atoms with Crippen LogP contribution in [0.2, 0.25) is 0 Å². The maximum Gasteiger partial charge on any atom is 0.332 e. The van der Waals surface area contributed by atoms with E-state index in [-0.39, 0.29) is 23.3 Å². The minimum atomic E-state index is -3.54. The predicted molar refractivity (Wildman–Crippen MR) is 93.8 cm³/mol. The number of ether oxygens (including phenoxy) is 1. The number of carboxylic acids is 1. The summed E-state index contributed by atoms with van der Waals surface area (Å²) in [5.41, 5.74) is 0.731. The molecule has 1 fully saturated rings. The molecule has 1 aliphatic heterocycles. The van der Waals surface area contributed by atoms with Gasteiger partial charge in [0.25, 0.3) is 0 Å². The number of rotatable bonds is 8. The number of sulfonamides is 1. The van der Waals surface area contributed by atoms with Crippen LogP contribution >= 0.6 is 0 Å². The summed E-state index contributed by atoms with van der Waals surface area (Å²) in [5.74, 6) is -1.23. The van der Waals surface area contributed by atoms with Crippen molar-refractivity contribution in [1.82, 2.24) is 10.0 Å². The highest BCUT2D eigenvalue weighted by Crippen LogP contribution is 2.20. The van der Waals surface area contributed by atoms with Crippen molar-refractivity contribution in [3.05, 3.63) is 29.8 Å². The lowest BCUT2D eigenvalue weighted by Gasteiger charge is -2.12. The summed E-state index contributed by atoms with van der Waals surface area (Å²) in [4.78, 5) is 23.0. The molecule has 1 amide bonds. The molecule has 9 heteroatoms. The summed E-state index contributed by atoms with van der Waals surface area (Å²) in [5, 5.41) is 11.5. The summed E-state index contributed by atoms with van der Waals surface area (Å²) in [6, 6.07) is 6.22. The Labute approximate surface area is 153 Å². The Morgan fingerprint density at radius 1 is 1.19 bits per heavy atom. The standard InChI is InChI=1S/C17H24N2O6S/c1-11(2)9-19-26(23,24)13-5-3-12(4-6-13)10-18-16(20)14-7-8-15(25-14)17(21)22/h3-6,11,14-15,19H,7-10H2,1-2H3,(H,18,20)(H,21,22)/t14-,15+/m0/s1. The summed E-state index contributed by atoms with van der Waals surface area (Å²) in [6.45, 7) is 4.40. The molecular formula is C17H24N2O6S. The minimum Gasteiger partial charge on any atom is -0.479 e. The zero-order valence-electron chi connectivity index (χ0n) is 14.8. The van der Waals surface area contributed by atoms with Gasteiger partial charge in [-0.3, -0.25) is 4.79 Å². The molecule has 0 radical (unpaired) electrons. The number of amides is 1. The Kier molecular flexibility index (Phi) is 6.74. The first-order valence-corrected chi connectivity index (χ1v) is 9.92. The predicted octanol–water partition coefficient (Wildman–Crippen LogP) is 0.869. The fourth-order valence-electron chi connectivity index (χ4n) is 2.46. The number of hydrogen-bond acceptors (Lipinski definition) is 5. The van der Waals surface area contributed by atoms with E-state index in [0.717, 1.165) is 5.56 Å². The Morgan fingerprint density at radius 2 is 1.81 bits per heavy atom. The van der Waals surface area contributed by atoms with Crippen LogP contribution in [0.3, 0.4) is 0 Å². The molecule has 0 aliphatic carbocycles. The highest BCUT2D eigenvalue weighted by Gasteiger charge is 2.34. The van der Waals surface area contributed by atoms with E-state index >= 15 is 0 Å². The van der Waals surface area contributed by atoms with E-state index in [1.54, 1.807) is 12.1 Å². The number of carboxylic acid groups (broad SMARTS) is 1. The maximum atomic E-state index is 12.1. The Hall–Kier alpha value is -1.97. The first-order valence-electron chi connectivity index (χ1n) is 8.43. The second kappa shape index (κ2) is 8.61. The van der Waals surface area contributed by atoms with Crippen molar-refractivity contribution in [3.63, 3.8) is 0 Å². The Morgan fingerprint density at radius 3 is 2.35 bits per heavy atom. The molecule has 1 aliphatic rings. The normalized spacial score (nSPS) is 20.3. The van der Waals surface area contributed by atoms with Crippen molar-refractivity contribution < 1.29 is 27.9 Å². The van der Waals surface area contributed by atoms with Crippen molar-refractivity contribution in [3.8, 4) is 0 Å². The number of benzene rings is 1. The third-order valence-corrected chi connectivity index (χ3v) is 5.41. The zero-order chi connectivity index (χ0) is 19.3. The van der Waals surface area contributed by atoms with E-state index < -0.39 is 28.2 Å². The van der Waals surface area contributed by atoms with Gasteiger partial charge in [0.1, 0.15) is 6.10 Å². The largest absolute Gasteiger partial charge is 0.479 e. The quantitative estimate of drug-likeness (QED) is 0.611. The summed E-state index contributed by atoms with van der Waals surface area (Å²) >= 11 is 0. The van der Waals surface area contributed by atoms with E-state index in [4.69, 9.17) is 9.84 Å². The lowest BCUT2D eigenvalue weighted by molar-refractivity contribution is -0.151. The number of carbonyl (C=O) groups is 2. The molecule has 3 N–H and O–H groups in total. The molecule has 0 saturated carbocycles. The molecule has 26 heavy (non-hydrogen) atoms. The average Bonchev–Trinajstić information content (AvgIpc) is 3.09. The molecule has 2 rings (SSSR count). The first kappa shape index (κ1) is 20.3. The van der Waals surface area contributed by atoms with Gasteiger partial charge in [-0.15, -0.1) is 0 Å². The molecule has 1 aromatic carbocycles. The van der Waals surface area contributed by atoms with E-state index in [2.05, 4.69) is 10.0 Å². The fraction of sp³-hybridized carbons (Fsp3) is 0.529. The van der Waals surface area contributed by atoms with Gasteiger partial charge in [0, 0.05) is 13.1 Å². The Balaban J connectivity index is 1.87. The second-order valence-electron chi connectivity index (χ2n) is 6.64. The highest BCUT2D eigenvalue weighted by molar-refractivity contribution is 7.89. The molecule has 1 aromatic rings. The molecule has 0 bridgehead atoms. The summed E-state index contributed by atoms with van der Waals surface area (Å²) in [6.07, 6.45) is -1.03. The van der Waals surface area contributed by atoms with Crippen molar-refractivity contribution >= 4 is 21.9 Å². The van der Waals surface area contributed by atoms with Gasteiger partial charge in [-0.1, -0.05) is 26.0 Å². The molecular weight excluding hydrogens is 360 g/mol. The van der Waals surface area contributed by atoms with Crippen LogP contribution < -0.4 is 10.0 Å². The molecule has 2 atom stereocenters. The summed E-state index contributed by atoms with van der Waals surface area (Å²) < 4.78 is 32.0. The van der Waals surface area contributed by atoms with Crippen LogP contribution in [0.5, 0.6) is 0 Å². The van der Waals surface area contributed by atoms with Gasteiger partial charge < -0.3 is 15.2 Å². The fourth-order valence-corrected chi connectivity index (χ4v) is 3.67. The van der Waals surface area contributed by atoms with Crippen LogP contribution in [0.25, 0.3) is 0 Å². The first-order chi connectivity index (χ1) is 12.2. The van der Waals surface area contributed by atoms with Gasteiger partial charge in [0.2, 0.25) is 15.9 Å². The molecule has 0 aromatic heterocycles. The van der Waals surface area contributed by atoms with Gasteiger partial charge >= 0.3 is 5.97 Å². The molecule has 1 saturated heterocycles. The van der Waals surface area contributed by atoms with Gasteiger partial charge in [-0.25, -0.2) is 17.9 Å². The third kappa shape index (κ3) is 5.52. The van der Waals surface area contributed by atoms with E-state index in [0.29, 0.717) is 19.4 Å². The van der Waals surface area contributed by atoms with Crippen LogP contribution in [-0.2, 0) is 30.9 Å². The van der Waals surface area contributed by atoms with Crippen LogP contribution in [0, 0.1) is 5.92 Å². The molecule has 0 unspecified atom stereocenters. The van der Waals surface area contributed by atoms with Gasteiger partial charge in [0.15, 0.2) is 6.10 Å². The zero-order valence-corrected chi connectivity index (χ0v) is 15.6. The molecule has 8 nitrogen and oxygen atoms in total. The monoisotopic (exact) mass is 384 g/mol. The van der Waals surface area contributed by atoms with Gasteiger partial charge in [-0.2, -0.15) is 0 Å². The van der Waals surface area contributed by atoms with Crippen molar-refractivity contribution in [2.45, 2.75) is 50.3 Å². The number of aliphatic carboxylic acids is 1. The average molecular weight is 384 g/mol. The smallest absolute Gasteiger partial charge is 0.332 e. The number of carbonyl (C=O) groups excluding carboxylic acids is 1.